The molecule has 4 heteroatoms. The number of unbranched alkanes of at least 4 members (excludes halogenated alkanes) is 18. The van der Waals surface area contributed by atoms with Crippen LogP contribution in [-0.2, 0) is 22.7 Å². The molecule has 0 fully saturated rings. The van der Waals surface area contributed by atoms with Gasteiger partial charge < -0.3 is 19.3 Å². The number of nitrogens with zero attached hydrogens (tertiary/aromatic N) is 2. The molecular weight excluding hydrogens is 588 g/mol. The molecule has 0 heterocycles. The smallest absolute Gasteiger partial charge is 0.0723 e. The lowest BCUT2D eigenvalue weighted by Gasteiger charge is -2.18. The molecule has 2 aromatic carbocycles. The van der Waals surface area contributed by atoms with E-state index in [-0.39, 0.29) is 0 Å². The Morgan fingerprint density at radius 3 is 1.06 bits per heavy atom. The van der Waals surface area contributed by atoms with Gasteiger partial charge in [0.1, 0.15) is 0 Å². The first-order chi connectivity index (χ1) is 23.7. The maximum atomic E-state index is 6.22. The van der Waals surface area contributed by atoms with Gasteiger partial charge >= 0.3 is 0 Å². The van der Waals surface area contributed by atoms with Crippen LogP contribution in [0.15, 0.2) is 48.5 Å². The molecule has 0 aliphatic carbocycles. The Balaban J connectivity index is 1.61. The van der Waals surface area contributed by atoms with Crippen molar-refractivity contribution in [2.75, 3.05) is 53.5 Å². The average molecular weight is 665 g/mol. The lowest BCUT2D eigenvalue weighted by atomic mass is 9.96. The van der Waals surface area contributed by atoms with Gasteiger partial charge in [0.25, 0.3) is 0 Å². The number of hydrogen-bond donors (Lipinski definition) is 0. The van der Waals surface area contributed by atoms with Crippen molar-refractivity contribution in [2.45, 2.75) is 155 Å². The van der Waals surface area contributed by atoms with E-state index in [1.165, 1.54) is 164 Å². The van der Waals surface area contributed by atoms with E-state index in [0.717, 1.165) is 26.3 Å². The van der Waals surface area contributed by atoms with Crippen molar-refractivity contribution in [3.05, 3.63) is 59.7 Å². The molecule has 0 aliphatic heterocycles. The van der Waals surface area contributed by atoms with Gasteiger partial charge in [0.2, 0.25) is 0 Å². The van der Waals surface area contributed by atoms with E-state index in [1.807, 2.05) is 0 Å². The Bertz CT molecular complexity index is 916. The molecule has 0 bridgehead atoms. The van der Waals surface area contributed by atoms with Crippen LogP contribution in [0, 0.1) is 0 Å². The van der Waals surface area contributed by atoms with Crippen LogP contribution in [0.4, 0.5) is 0 Å². The van der Waals surface area contributed by atoms with Crippen LogP contribution in [0.2, 0.25) is 0 Å². The monoisotopic (exact) mass is 665 g/mol. The molecule has 0 spiro atoms. The lowest BCUT2D eigenvalue weighted by Crippen LogP contribution is -2.24. The minimum absolute atomic E-state index is 0.640. The van der Waals surface area contributed by atoms with Crippen molar-refractivity contribution >= 4 is 0 Å². The zero-order valence-electron chi connectivity index (χ0n) is 32.1. The van der Waals surface area contributed by atoms with Crippen molar-refractivity contribution < 1.29 is 9.47 Å². The van der Waals surface area contributed by atoms with Gasteiger partial charge in [0.05, 0.1) is 26.4 Å². The fourth-order valence-corrected chi connectivity index (χ4v) is 6.58. The summed E-state index contributed by atoms with van der Waals surface area (Å²) in [6, 6.07) is 17.4. The summed E-state index contributed by atoms with van der Waals surface area (Å²) in [6.07, 6.45) is 27.8. The SMILES string of the molecule is CCCCCCCCCCCCN(C)CCOCc1ccccc1-c1ccccc1COCCN(C)CCCCCCCCCCCC. The van der Waals surface area contributed by atoms with Crippen LogP contribution in [0.3, 0.4) is 0 Å². The highest BCUT2D eigenvalue weighted by Gasteiger charge is 2.10. The number of benzene rings is 2. The first-order valence-electron chi connectivity index (χ1n) is 20.3. The van der Waals surface area contributed by atoms with Crippen molar-refractivity contribution in [3.8, 4) is 11.1 Å². The highest BCUT2D eigenvalue weighted by atomic mass is 16.5. The third-order valence-electron chi connectivity index (χ3n) is 9.86. The van der Waals surface area contributed by atoms with Gasteiger partial charge in [-0.1, -0.05) is 178 Å². The van der Waals surface area contributed by atoms with Crippen molar-refractivity contribution in [2.24, 2.45) is 0 Å². The van der Waals surface area contributed by atoms with Crippen LogP contribution < -0.4 is 0 Å². The summed E-state index contributed by atoms with van der Waals surface area (Å²) in [5.41, 5.74) is 5.01. The van der Waals surface area contributed by atoms with Gasteiger partial charge in [-0.15, -0.1) is 0 Å². The molecule has 0 radical (unpaired) electrons. The molecule has 0 saturated heterocycles. The molecule has 0 unspecified atom stereocenters. The largest absolute Gasteiger partial charge is 0.375 e. The maximum Gasteiger partial charge on any atom is 0.0723 e. The second kappa shape index (κ2) is 30.1. The van der Waals surface area contributed by atoms with E-state index in [0.29, 0.717) is 13.2 Å². The first kappa shape index (κ1) is 42.4. The zero-order valence-corrected chi connectivity index (χ0v) is 32.1. The minimum atomic E-state index is 0.640. The second-order valence-corrected chi connectivity index (χ2v) is 14.4. The van der Waals surface area contributed by atoms with E-state index in [1.54, 1.807) is 0 Å². The normalized spacial score (nSPS) is 11.7. The Morgan fingerprint density at radius 1 is 0.396 bits per heavy atom. The molecule has 0 aliphatic rings. The third kappa shape index (κ3) is 21.4. The third-order valence-corrected chi connectivity index (χ3v) is 9.86. The summed E-state index contributed by atoms with van der Waals surface area (Å²) in [6.45, 7) is 11.7. The minimum Gasteiger partial charge on any atom is -0.375 e. The molecular formula is C44H76N2O2. The molecule has 274 valence electrons. The zero-order chi connectivity index (χ0) is 34.3. The van der Waals surface area contributed by atoms with Gasteiger partial charge in [-0.05, 0) is 62.3 Å². The molecule has 2 aromatic rings. The Kier molecular flexibility index (Phi) is 26.6. The van der Waals surface area contributed by atoms with E-state index in [4.69, 9.17) is 9.47 Å². The quantitative estimate of drug-likeness (QED) is 0.0709. The highest BCUT2D eigenvalue weighted by Crippen LogP contribution is 2.28. The summed E-state index contributed by atoms with van der Waals surface area (Å²) >= 11 is 0. The van der Waals surface area contributed by atoms with E-state index < -0.39 is 0 Å². The van der Waals surface area contributed by atoms with Gasteiger partial charge in [0, 0.05) is 13.1 Å². The average Bonchev–Trinajstić information content (AvgIpc) is 3.10. The predicted octanol–water partition coefficient (Wildman–Crippen LogP) is 12.1. The fourth-order valence-electron chi connectivity index (χ4n) is 6.58. The van der Waals surface area contributed by atoms with E-state index in [9.17, 15) is 0 Å². The topological polar surface area (TPSA) is 24.9 Å². The van der Waals surface area contributed by atoms with Gasteiger partial charge in [-0.25, -0.2) is 0 Å². The Hall–Kier alpha value is -1.72. The summed E-state index contributed by atoms with van der Waals surface area (Å²) in [7, 11) is 4.47. The molecule has 48 heavy (non-hydrogen) atoms. The summed E-state index contributed by atoms with van der Waals surface area (Å²) < 4.78 is 12.4. The van der Waals surface area contributed by atoms with Crippen molar-refractivity contribution in [1.82, 2.24) is 9.80 Å². The van der Waals surface area contributed by atoms with Gasteiger partial charge in [-0.3, -0.25) is 0 Å². The summed E-state index contributed by atoms with van der Waals surface area (Å²) in [4.78, 5) is 4.86. The molecule has 0 atom stereocenters. The van der Waals surface area contributed by atoms with Crippen LogP contribution in [0.25, 0.3) is 11.1 Å². The summed E-state index contributed by atoms with van der Waals surface area (Å²) in [5.74, 6) is 0. The maximum absolute atomic E-state index is 6.22. The summed E-state index contributed by atoms with van der Waals surface area (Å²) in [5, 5.41) is 0. The van der Waals surface area contributed by atoms with Crippen LogP contribution in [0.1, 0.15) is 153 Å². The predicted molar refractivity (Wildman–Crippen MR) is 210 cm³/mol. The van der Waals surface area contributed by atoms with Crippen molar-refractivity contribution in [1.29, 1.82) is 0 Å². The van der Waals surface area contributed by atoms with Crippen LogP contribution >= 0.6 is 0 Å². The molecule has 0 saturated carbocycles. The molecule has 0 amide bonds. The number of ether oxygens (including phenoxy) is 2. The van der Waals surface area contributed by atoms with Crippen molar-refractivity contribution in [3.63, 3.8) is 0 Å². The van der Waals surface area contributed by atoms with Gasteiger partial charge in [-0.2, -0.15) is 0 Å². The lowest BCUT2D eigenvalue weighted by molar-refractivity contribution is 0.0985. The molecule has 0 N–H and O–H groups in total. The second-order valence-electron chi connectivity index (χ2n) is 14.4. The number of likely N-dealkylation sites (N-methyl/N-ethyl adjacent to an activating group) is 2. The molecule has 2 rings (SSSR count). The van der Waals surface area contributed by atoms with E-state index >= 15 is 0 Å². The standard InChI is InChI=1S/C44H76N2O2/c1-5-7-9-11-13-15-17-19-21-27-33-45(3)35-37-47-39-41-29-23-25-31-43(41)44-32-26-24-30-42(44)40-48-38-36-46(4)34-28-22-20-18-16-14-12-10-8-6-2/h23-26,29-32H,5-22,27-28,33-40H2,1-4H3. The first-order valence-corrected chi connectivity index (χ1v) is 20.3. The Morgan fingerprint density at radius 2 is 0.708 bits per heavy atom. The number of hydrogen-bond acceptors (Lipinski definition) is 4. The van der Waals surface area contributed by atoms with Gasteiger partial charge in [0.15, 0.2) is 0 Å². The highest BCUT2D eigenvalue weighted by molar-refractivity contribution is 5.70. The molecule has 0 aromatic heterocycles. The number of rotatable bonds is 33. The fraction of sp³-hybridized carbons (Fsp3) is 0.727. The van der Waals surface area contributed by atoms with Crippen LogP contribution in [0.5, 0.6) is 0 Å². The Labute approximate surface area is 298 Å². The molecule has 4 nitrogen and oxygen atoms in total. The van der Waals surface area contributed by atoms with E-state index in [2.05, 4.69) is 86.3 Å². The van der Waals surface area contributed by atoms with Crippen LogP contribution in [-0.4, -0.2) is 63.3 Å².